The standard InChI is InChI=1S/C23H20N4O4/c1-15-4-2-5-16(12-15)24-21(29)14-27-22(30)20(25-23(27)31)13-18-6-3-11-26(18)17-7-9-19(28)10-8-17/h2-13,28H,14H2,1H3,(H,24,29)(H,25,31)/b20-13+. The first-order valence-corrected chi connectivity index (χ1v) is 9.58. The van der Waals surface area contributed by atoms with Crippen molar-refractivity contribution in [3.63, 3.8) is 0 Å². The van der Waals surface area contributed by atoms with Gasteiger partial charge in [0.25, 0.3) is 5.91 Å². The number of aryl methyl sites for hydroxylation is 1. The summed E-state index contributed by atoms with van der Waals surface area (Å²) in [5, 5.41) is 14.7. The van der Waals surface area contributed by atoms with Crippen LogP contribution in [0.4, 0.5) is 10.5 Å². The smallest absolute Gasteiger partial charge is 0.329 e. The minimum atomic E-state index is -0.654. The number of rotatable bonds is 5. The van der Waals surface area contributed by atoms with Gasteiger partial charge in [-0.1, -0.05) is 12.1 Å². The largest absolute Gasteiger partial charge is 0.508 e. The van der Waals surface area contributed by atoms with Gasteiger partial charge in [0, 0.05) is 23.3 Å². The zero-order valence-electron chi connectivity index (χ0n) is 16.7. The third-order valence-corrected chi connectivity index (χ3v) is 4.77. The van der Waals surface area contributed by atoms with Crippen LogP contribution in [0.1, 0.15) is 11.3 Å². The van der Waals surface area contributed by atoms with E-state index >= 15 is 0 Å². The summed E-state index contributed by atoms with van der Waals surface area (Å²) in [4.78, 5) is 38.2. The number of nitrogens with zero attached hydrogens (tertiary/aromatic N) is 2. The molecule has 8 heteroatoms. The van der Waals surface area contributed by atoms with Crippen molar-refractivity contribution in [2.24, 2.45) is 0 Å². The quantitative estimate of drug-likeness (QED) is 0.439. The fourth-order valence-electron chi connectivity index (χ4n) is 3.29. The molecule has 0 radical (unpaired) electrons. The van der Waals surface area contributed by atoms with E-state index in [0.29, 0.717) is 11.4 Å². The van der Waals surface area contributed by atoms with Gasteiger partial charge in [0.1, 0.15) is 18.0 Å². The zero-order valence-corrected chi connectivity index (χ0v) is 16.7. The van der Waals surface area contributed by atoms with E-state index in [1.54, 1.807) is 65.4 Å². The molecule has 0 unspecified atom stereocenters. The molecular weight excluding hydrogens is 396 g/mol. The summed E-state index contributed by atoms with van der Waals surface area (Å²) >= 11 is 0. The van der Waals surface area contributed by atoms with Crippen LogP contribution in [0.15, 0.2) is 72.6 Å². The monoisotopic (exact) mass is 416 g/mol. The molecule has 2 heterocycles. The van der Waals surface area contributed by atoms with E-state index in [4.69, 9.17) is 0 Å². The van der Waals surface area contributed by atoms with Gasteiger partial charge < -0.3 is 20.3 Å². The first-order valence-electron chi connectivity index (χ1n) is 9.58. The Morgan fingerprint density at radius 3 is 2.61 bits per heavy atom. The molecule has 1 aliphatic heterocycles. The van der Waals surface area contributed by atoms with E-state index < -0.39 is 24.4 Å². The molecule has 0 bridgehead atoms. The second-order valence-corrected chi connectivity index (χ2v) is 7.12. The molecule has 1 aliphatic rings. The lowest BCUT2D eigenvalue weighted by atomic mass is 10.2. The third-order valence-electron chi connectivity index (χ3n) is 4.77. The van der Waals surface area contributed by atoms with E-state index in [9.17, 15) is 19.5 Å². The van der Waals surface area contributed by atoms with Gasteiger partial charge in [-0.3, -0.25) is 9.59 Å². The molecule has 3 aromatic rings. The Balaban J connectivity index is 1.50. The number of urea groups is 1. The number of hydrogen-bond acceptors (Lipinski definition) is 4. The van der Waals surface area contributed by atoms with Crippen LogP contribution in [0, 0.1) is 6.92 Å². The zero-order chi connectivity index (χ0) is 22.0. The second-order valence-electron chi connectivity index (χ2n) is 7.12. The molecule has 3 N–H and O–H groups in total. The van der Waals surface area contributed by atoms with Crippen molar-refractivity contribution < 1.29 is 19.5 Å². The molecule has 0 aliphatic carbocycles. The lowest BCUT2D eigenvalue weighted by Crippen LogP contribution is -2.38. The second kappa shape index (κ2) is 8.19. The van der Waals surface area contributed by atoms with E-state index in [1.807, 2.05) is 19.1 Å². The first-order chi connectivity index (χ1) is 14.9. The number of amides is 4. The van der Waals surface area contributed by atoms with Gasteiger partial charge in [0.15, 0.2) is 0 Å². The minimum Gasteiger partial charge on any atom is -0.508 e. The molecule has 156 valence electrons. The summed E-state index contributed by atoms with van der Waals surface area (Å²) in [6.07, 6.45) is 3.35. The van der Waals surface area contributed by atoms with Crippen molar-refractivity contribution in [2.45, 2.75) is 6.92 Å². The van der Waals surface area contributed by atoms with Gasteiger partial charge in [-0.2, -0.15) is 0 Å². The molecule has 4 rings (SSSR count). The Bertz CT molecular complexity index is 1190. The molecule has 0 saturated carbocycles. The average molecular weight is 416 g/mol. The summed E-state index contributed by atoms with van der Waals surface area (Å²) in [5.74, 6) is -0.903. The Morgan fingerprint density at radius 2 is 1.87 bits per heavy atom. The predicted octanol–water partition coefficient (Wildman–Crippen LogP) is 3.02. The summed E-state index contributed by atoms with van der Waals surface area (Å²) in [7, 11) is 0. The van der Waals surface area contributed by atoms with Crippen LogP contribution >= 0.6 is 0 Å². The topological polar surface area (TPSA) is 104 Å². The highest BCUT2D eigenvalue weighted by Crippen LogP contribution is 2.20. The van der Waals surface area contributed by atoms with Gasteiger partial charge in [-0.15, -0.1) is 0 Å². The molecule has 0 atom stereocenters. The fourth-order valence-corrected chi connectivity index (χ4v) is 3.29. The first kappa shape index (κ1) is 20.0. The Kier molecular flexibility index (Phi) is 5.28. The maximum atomic E-state index is 12.7. The summed E-state index contributed by atoms with van der Waals surface area (Å²) < 4.78 is 1.80. The van der Waals surface area contributed by atoms with Crippen LogP contribution in [0.3, 0.4) is 0 Å². The van der Waals surface area contributed by atoms with Gasteiger partial charge in [0.05, 0.1) is 0 Å². The van der Waals surface area contributed by atoms with E-state index in [2.05, 4.69) is 10.6 Å². The van der Waals surface area contributed by atoms with Gasteiger partial charge in [-0.05, 0) is 67.1 Å². The summed E-state index contributed by atoms with van der Waals surface area (Å²) in [6, 6.07) is 16.8. The van der Waals surface area contributed by atoms with Gasteiger partial charge in [0.2, 0.25) is 5.91 Å². The van der Waals surface area contributed by atoms with Crippen LogP contribution in [0.5, 0.6) is 5.75 Å². The van der Waals surface area contributed by atoms with Crippen molar-refractivity contribution in [2.75, 3.05) is 11.9 Å². The number of carbonyl (C=O) groups is 3. The maximum Gasteiger partial charge on any atom is 0.329 e. The Hall–Kier alpha value is -4.33. The highest BCUT2D eigenvalue weighted by Gasteiger charge is 2.35. The lowest BCUT2D eigenvalue weighted by molar-refractivity contribution is -0.127. The Morgan fingerprint density at radius 1 is 1.10 bits per heavy atom. The predicted molar refractivity (Wildman–Crippen MR) is 115 cm³/mol. The molecule has 0 spiro atoms. The number of anilines is 1. The number of benzene rings is 2. The van der Waals surface area contributed by atoms with E-state index in [1.165, 1.54) is 0 Å². The van der Waals surface area contributed by atoms with Crippen molar-refractivity contribution in [1.82, 2.24) is 14.8 Å². The molecular formula is C23H20N4O4. The average Bonchev–Trinajstić information content (AvgIpc) is 3.29. The molecule has 4 amide bonds. The van der Waals surface area contributed by atoms with Crippen LogP contribution in [0.2, 0.25) is 0 Å². The fraction of sp³-hybridized carbons (Fsp3) is 0.0870. The van der Waals surface area contributed by atoms with E-state index in [-0.39, 0.29) is 11.4 Å². The molecule has 1 aromatic heterocycles. The summed E-state index contributed by atoms with van der Waals surface area (Å²) in [5.41, 5.74) is 3.09. The molecule has 1 saturated heterocycles. The van der Waals surface area contributed by atoms with Crippen molar-refractivity contribution in [3.8, 4) is 11.4 Å². The van der Waals surface area contributed by atoms with Crippen molar-refractivity contribution in [1.29, 1.82) is 0 Å². The lowest BCUT2D eigenvalue weighted by Gasteiger charge is -2.12. The number of phenols is 1. The molecule has 31 heavy (non-hydrogen) atoms. The number of aromatic nitrogens is 1. The van der Waals surface area contributed by atoms with E-state index in [0.717, 1.165) is 16.2 Å². The number of aromatic hydroxyl groups is 1. The van der Waals surface area contributed by atoms with Gasteiger partial charge >= 0.3 is 6.03 Å². The van der Waals surface area contributed by atoms with Crippen LogP contribution in [-0.2, 0) is 9.59 Å². The third kappa shape index (κ3) is 4.32. The maximum absolute atomic E-state index is 12.7. The van der Waals surface area contributed by atoms with Crippen LogP contribution in [0.25, 0.3) is 11.8 Å². The number of hydrogen-bond donors (Lipinski definition) is 3. The normalized spacial score (nSPS) is 14.7. The Labute approximate surface area is 178 Å². The number of imide groups is 1. The molecule has 1 fully saturated rings. The highest BCUT2D eigenvalue weighted by molar-refractivity contribution is 6.15. The van der Waals surface area contributed by atoms with Gasteiger partial charge in [-0.25, -0.2) is 9.69 Å². The summed E-state index contributed by atoms with van der Waals surface area (Å²) in [6.45, 7) is 1.51. The molecule has 2 aromatic carbocycles. The minimum absolute atomic E-state index is 0.0760. The SMILES string of the molecule is Cc1cccc(NC(=O)CN2C(=O)N/C(=C/c3cccn3-c3ccc(O)cc3)C2=O)c1. The highest BCUT2D eigenvalue weighted by atomic mass is 16.3. The van der Waals surface area contributed by atoms with Crippen LogP contribution < -0.4 is 10.6 Å². The number of carbonyl (C=O) groups excluding carboxylic acids is 3. The molecule has 8 nitrogen and oxygen atoms in total. The number of nitrogens with one attached hydrogen (secondary N) is 2. The van der Waals surface area contributed by atoms with Crippen molar-refractivity contribution >= 4 is 29.6 Å². The number of phenolic OH excluding ortho intramolecular Hbond substituents is 1. The van der Waals surface area contributed by atoms with Crippen molar-refractivity contribution in [3.05, 3.63) is 83.8 Å². The van der Waals surface area contributed by atoms with Crippen LogP contribution in [-0.4, -0.2) is 39.0 Å².